The van der Waals surface area contributed by atoms with Crippen molar-refractivity contribution in [3.05, 3.63) is 63.9 Å². The van der Waals surface area contributed by atoms with Crippen molar-refractivity contribution in [3.63, 3.8) is 0 Å². The molecule has 30 heavy (non-hydrogen) atoms. The van der Waals surface area contributed by atoms with E-state index in [-0.39, 0.29) is 24.0 Å². The number of rotatable bonds is 7. The van der Waals surface area contributed by atoms with Gasteiger partial charge in [0.25, 0.3) is 0 Å². The van der Waals surface area contributed by atoms with Gasteiger partial charge in [-0.15, -0.1) is 24.0 Å². The minimum absolute atomic E-state index is 0. The molecule has 0 unspecified atom stereocenters. The van der Waals surface area contributed by atoms with Crippen LogP contribution in [0.3, 0.4) is 0 Å². The molecule has 1 aromatic heterocycles. The Labute approximate surface area is 206 Å². The molecule has 2 N–H and O–H groups in total. The molecule has 1 aliphatic rings. The van der Waals surface area contributed by atoms with Crippen LogP contribution in [0.15, 0.2) is 47.6 Å². The van der Waals surface area contributed by atoms with Gasteiger partial charge in [-0.1, -0.05) is 35.3 Å². The Hall–Kier alpha value is -1.09. The highest BCUT2D eigenvalue weighted by atomic mass is 127. The van der Waals surface area contributed by atoms with Crippen LogP contribution in [0.2, 0.25) is 10.0 Å². The lowest BCUT2D eigenvalue weighted by molar-refractivity contribution is 0.196. The molecule has 2 aromatic rings. The second-order valence-corrected chi connectivity index (χ2v) is 8.20. The molecule has 8 heteroatoms. The number of nitrogens with one attached hydrogen (secondary N) is 2. The third-order valence-corrected chi connectivity index (χ3v) is 5.78. The number of aliphatic imine (C=N–C) groups is 1. The van der Waals surface area contributed by atoms with Gasteiger partial charge in [-0.25, -0.2) is 0 Å². The van der Waals surface area contributed by atoms with Crippen LogP contribution in [0, 0.1) is 0 Å². The van der Waals surface area contributed by atoms with Crippen LogP contribution in [-0.4, -0.2) is 48.6 Å². The van der Waals surface area contributed by atoms with Crippen LogP contribution < -0.4 is 10.6 Å². The molecular formula is C22H30Cl2IN5. The highest BCUT2D eigenvalue weighted by Crippen LogP contribution is 2.21. The summed E-state index contributed by atoms with van der Waals surface area (Å²) in [6.07, 6.45) is 5.96. The van der Waals surface area contributed by atoms with Gasteiger partial charge >= 0.3 is 0 Å². The maximum Gasteiger partial charge on any atom is 0.191 e. The van der Waals surface area contributed by atoms with E-state index in [1.54, 1.807) is 6.07 Å². The number of aromatic nitrogens is 1. The van der Waals surface area contributed by atoms with Gasteiger partial charge in [0, 0.05) is 55.5 Å². The maximum absolute atomic E-state index is 6.24. The Balaban J connectivity index is 0.00000320. The van der Waals surface area contributed by atoms with E-state index in [2.05, 4.69) is 31.6 Å². The summed E-state index contributed by atoms with van der Waals surface area (Å²) in [6, 6.07) is 12.2. The monoisotopic (exact) mass is 561 g/mol. The number of pyridine rings is 1. The topological polar surface area (TPSA) is 52.6 Å². The number of benzene rings is 1. The molecule has 1 aliphatic heterocycles. The first-order valence-corrected chi connectivity index (χ1v) is 10.9. The molecule has 3 rings (SSSR count). The highest BCUT2D eigenvalue weighted by molar-refractivity contribution is 14.0. The zero-order valence-electron chi connectivity index (χ0n) is 17.3. The first-order chi connectivity index (χ1) is 14.1. The van der Waals surface area contributed by atoms with Gasteiger partial charge in [0.2, 0.25) is 0 Å². The molecule has 0 radical (unpaired) electrons. The number of aryl methyl sites for hydroxylation is 1. The van der Waals surface area contributed by atoms with E-state index in [0.29, 0.717) is 11.1 Å². The number of halogens is 3. The summed E-state index contributed by atoms with van der Waals surface area (Å²) >= 11 is 12.2. The summed E-state index contributed by atoms with van der Waals surface area (Å²) in [5.41, 5.74) is 2.26. The van der Waals surface area contributed by atoms with E-state index < -0.39 is 0 Å². The lowest BCUT2D eigenvalue weighted by Gasteiger charge is -2.32. The van der Waals surface area contributed by atoms with E-state index in [0.717, 1.165) is 74.1 Å². The molecule has 2 heterocycles. The van der Waals surface area contributed by atoms with E-state index in [4.69, 9.17) is 23.2 Å². The van der Waals surface area contributed by atoms with Crippen LogP contribution in [0.25, 0.3) is 0 Å². The summed E-state index contributed by atoms with van der Waals surface area (Å²) in [4.78, 5) is 11.3. The molecule has 1 fully saturated rings. The number of hydrogen-bond acceptors (Lipinski definition) is 3. The summed E-state index contributed by atoms with van der Waals surface area (Å²) in [5, 5.41) is 8.38. The number of guanidine groups is 1. The van der Waals surface area contributed by atoms with Crippen molar-refractivity contribution in [1.29, 1.82) is 0 Å². The van der Waals surface area contributed by atoms with Crippen molar-refractivity contribution in [2.45, 2.75) is 38.3 Å². The first-order valence-electron chi connectivity index (χ1n) is 10.2. The first kappa shape index (κ1) is 25.2. The normalized spacial score (nSPS) is 15.5. The number of piperidine rings is 1. The van der Waals surface area contributed by atoms with Crippen LogP contribution in [0.4, 0.5) is 0 Å². The van der Waals surface area contributed by atoms with Crippen molar-refractivity contribution in [1.82, 2.24) is 20.5 Å². The van der Waals surface area contributed by atoms with Crippen molar-refractivity contribution in [3.8, 4) is 0 Å². The lowest BCUT2D eigenvalue weighted by atomic mass is 10.0. The maximum atomic E-state index is 6.24. The molecule has 1 aromatic carbocycles. The molecule has 164 valence electrons. The van der Waals surface area contributed by atoms with Gasteiger partial charge in [-0.05, 0) is 55.5 Å². The summed E-state index contributed by atoms with van der Waals surface area (Å²) in [7, 11) is 1.82. The minimum atomic E-state index is 0. The number of nitrogens with zero attached hydrogens (tertiary/aromatic N) is 3. The predicted octanol–water partition coefficient (Wildman–Crippen LogP) is 4.77. The average molecular weight is 562 g/mol. The van der Waals surface area contributed by atoms with E-state index >= 15 is 0 Å². The van der Waals surface area contributed by atoms with Gasteiger partial charge < -0.3 is 10.6 Å². The standard InChI is InChI=1S/C22H29Cl2N5.HI/c1-25-22(27-12-4-5-17-7-8-18(23)15-21(17)24)28-19-9-13-29(14-10-19)16-20-6-2-3-11-26-20;/h2-3,6-8,11,15,19H,4-5,9-10,12-14,16H2,1H3,(H2,25,27,28);1H. The zero-order chi connectivity index (χ0) is 20.5. The van der Waals surface area contributed by atoms with Crippen molar-refractivity contribution < 1.29 is 0 Å². The molecule has 0 atom stereocenters. The van der Waals surface area contributed by atoms with Crippen LogP contribution in [0.5, 0.6) is 0 Å². The molecule has 1 saturated heterocycles. The zero-order valence-corrected chi connectivity index (χ0v) is 21.1. The van der Waals surface area contributed by atoms with Crippen LogP contribution in [0.1, 0.15) is 30.5 Å². The van der Waals surface area contributed by atoms with Crippen LogP contribution >= 0.6 is 47.2 Å². The molecule has 0 bridgehead atoms. The molecule has 0 aliphatic carbocycles. The number of hydrogen-bond donors (Lipinski definition) is 2. The van der Waals surface area contributed by atoms with E-state index in [1.165, 1.54) is 0 Å². The Morgan fingerprint density at radius 1 is 1.20 bits per heavy atom. The van der Waals surface area contributed by atoms with Crippen molar-refractivity contribution >= 4 is 53.1 Å². The molecular weight excluding hydrogens is 532 g/mol. The third-order valence-electron chi connectivity index (χ3n) is 5.19. The van der Waals surface area contributed by atoms with Gasteiger partial charge in [0.15, 0.2) is 5.96 Å². The Kier molecular flexibility index (Phi) is 11.2. The SMILES string of the molecule is CN=C(NCCCc1ccc(Cl)cc1Cl)NC1CCN(Cc2ccccn2)CC1.I. The quantitative estimate of drug-likeness (QED) is 0.221. The van der Waals surface area contributed by atoms with Crippen molar-refractivity contribution in [2.75, 3.05) is 26.7 Å². The summed E-state index contributed by atoms with van der Waals surface area (Å²) in [6.45, 7) is 3.91. The van der Waals surface area contributed by atoms with Gasteiger partial charge in [-0.3, -0.25) is 14.9 Å². The summed E-state index contributed by atoms with van der Waals surface area (Å²) < 4.78 is 0. The third kappa shape index (κ3) is 8.21. The predicted molar refractivity (Wildman–Crippen MR) is 137 cm³/mol. The molecule has 0 amide bonds. The minimum Gasteiger partial charge on any atom is -0.356 e. The Bertz CT molecular complexity index is 795. The molecule has 0 saturated carbocycles. The average Bonchev–Trinajstić information content (AvgIpc) is 2.73. The fraction of sp³-hybridized carbons (Fsp3) is 0.455. The second-order valence-electron chi connectivity index (χ2n) is 7.35. The molecule has 0 spiro atoms. The van der Waals surface area contributed by atoms with Crippen LogP contribution in [-0.2, 0) is 13.0 Å². The number of likely N-dealkylation sites (tertiary alicyclic amines) is 1. The Morgan fingerprint density at radius 3 is 2.67 bits per heavy atom. The smallest absolute Gasteiger partial charge is 0.191 e. The Morgan fingerprint density at radius 2 is 2.00 bits per heavy atom. The van der Waals surface area contributed by atoms with Gasteiger partial charge in [0.05, 0.1) is 5.69 Å². The fourth-order valence-electron chi connectivity index (χ4n) is 3.55. The largest absolute Gasteiger partial charge is 0.356 e. The van der Waals surface area contributed by atoms with Crippen molar-refractivity contribution in [2.24, 2.45) is 4.99 Å². The summed E-state index contributed by atoms with van der Waals surface area (Å²) in [5.74, 6) is 0.871. The fourth-order valence-corrected chi connectivity index (χ4v) is 4.06. The highest BCUT2D eigenvalue weighted by Gasteiger charge is 2.20. The van der Waals surface area contributed by atoms with E-state index in [1.807, 2.05) is 37.5 Å². The molecule has 5 nitrogen and oxygen atoms in total. The van der Waals surface area contributed by atoms with Gasteiger partial charge in [-0.2, -0.15) is 0 Å². The van der Waals surface area contributed by atoms with E-state index in [9.17, 15) is 0 Å². The van der Waals surface area contributed by atoms with Gasteiger partial charge in [0.1, 0.15) is 0 Å². The second kappa shape index (κ2) is 13.3. The lowest BCUT2D eigenvalue weighted by Crippen LogP contribution is -2.48.